The van der Waals surface area contributed by atoms with Crippen LogP contribution in [0.5, 0.6) is 0 Å². The average molecular weight is 616 g/mol. The van der Waals surface area contributed by atoms with Crippen molar-refractivity contribution in [1.82, 2.24) is 20.0 Å². The van der Waals surface area contributed by atoms with Crippen molar-refractivity contribution >= 4 is 29.2 Å². The minimum atomic E-state index is -0.439. The molecule has 2 fully saturated rings. The van der Waals surface area contributed by atoms with Crippen molar-refractivity contribution in [3.63, 3.8) is 0 Å². The molecule has 0 radical (unpaired) electrons. The fraction of sp³-hybridized carbons (Fsp3) is 0.353. The van der Waals surface area contributed by atoms with Crippen molar-refractivity contribution in [3.8, 4) is 0 Å². The lowest BCUT2D eigenvalue weighted by atomic mass is 9.88. The van der Waals surface area contributed by atoms with Crippen LogP contribution in [0.25, 0.3) is 0 Å². The SMILES string of the molecule is C=CCN(C(=O)NCc1ccc([N+](=O)[O-])cc1)C1CCN(CC2CN(C(=O)c3ccccc3Cl)CC2c2ccccc2)CC1. The monoisotopic (exact) mass is 615 g/mol. The Hall–Kier alpha value is -4.21. The molecule has 0 bridgehead atoms. The van der Waals surface area contributed by atoms with E-state index in [1.54, 1.807) is 30.3 Å². The summed E-state index contributed by atoms with van der Waals surface area (Å²) >= 11 is 6.38. The Balaban J connectivity index is 1.19. The Morgan fingerprint density at radius 1 is 1.00 bits per heavy atom. The first-order valence-corrected chi connectivity index (χ1v) is 15.4. The molecule has 2 atom stereocenters. The molecule has 0 aliphatic carbocycles. The quantitative estimate of drug-likeness (QED) is 0.172. The lowest BCUT2D eigenvalue weighted by Crippen LogP contribution is -2.51. The van der Waals surface area contributed by atoms with Gasteiger partial charge in [0.25, 0.3) is 11.6 Å². The lowest BCUT2D eigenvalue weighted by Gasteiger charge is -2.39. The third kappa shape index (κ3) is 7.46. The summed E-state index contributed by atoms with van der Waals surface area (Å²) in [6.45, 7) is 8.47. The van der Waals surface area contributed by atoms with Crippen LogP contribution in [0.3, 0.4) is 0 Å². The van der Waals surface area contributed by atoms with Crippen LogP contribution < -0.4 is 5.32 Å². The number of carbonyl (C=O) groups is 2. The lowest BCUT2D eigenvalue weighted by molar-refractivity contribution is -0.384. The predicted molar refractivity (Wildman–Crippen MR) is 172 cm³/mol. The number of carbonyl (C=O) groups excluding carboxylic acids is 2. The molecule has 0 aromatic heterocycles. The summed E-state index contributed by atoms with van der Waals surface area (Å²) in [5.41, 5.74) is 2.59. The van der Waals surface area contributed by atoms with E-state index in [0.29, 0.717) is 30.2 Å². The molecule has 2 saturated heterocycles. The predicted octanol–water partition coefficient (Wildman–Crippen LogP) is 5.97. The van der Waals surface area contributed by atoms with E-state index in [4.69, 9.17) is 11.6 Å². The second-order valence-corrected chi connectivity index (χ2v) is 11.9. The van der Waals surface area contributed by atoms with Gasteiger partial charge in [-0.3, -0.25) is 14.9 Å². The van der Waals surface area contributed by atoms with Gasteiger partial charge in [-0.1, -0.05) is 72.3 Å². The van der Waals surface area contributed by atoms with Crippen LogP contribution in [0, 0.1) is 16.0 Å². The first-order chi connectivity index (χ1) is 21.3. The summed E-state index contributed by atoms with van der Waals surface area (Å²) in [4.78, 5) is 43.4. The molecule has 3 aromatic carbocycles. The smallest absolute Gasteiger partial charge is 0.318 e. The van der Waals surface area contributed by atoms with Crippen LogP contribution in [-0.2, 0) is 6.54 Å². The molecule has 10 heteroatoms. The van der Waals surface area contributed by atoms with Crippen molar-refractivity contribution in [3.05, 3.63) is 123 Å². The minimum absolute atomic E-state index is 0.0210. The molecule has 2 unspecified atom stereocenters. The van der Waals surface area contributed by atoms with Gasteiger partial charge >= 0.3 is 6.03 Å². The van der Waals surface area contributed by atoms with E-state index in [2.05, 4.69) is 41.1 Å². The highest BCUT2D eigenvalue weighted by atomic mass is 35.5. The average Bonchev–Trinajstić information content (AvgIpc) is 3.47. The van der Waals surface area contributed by atoms with Gasteiger partial charge in [-0.25, -0.2) is 4.79 Å². The number of nitro benzene ring substituents is 1. The zero-order chi connectivity index (χ0) is 31.1. The summed E-state index contributed by atoms with van der Waals surface area (Å²) in [7, 11) is 0. The summed E-state index contributed by atoms with van der Waals surface area (Å²) < 4.78 is 0. The maximum absolute atomic E-state index is 13.5. The molecule has 5 rings (SSSR count). The summed E-state index contributed by atoms with van der Waals surface area (Å²) in [5, 5.41) is 14.4. The fourth-order valence-corrected chi connectivity index (χ4v) is 6.62. The largest absolute Gasteiger partial charge is 0.338 e. The molecule has 2 aliphatic heterocycles. The zero-order valence-electron chi connectivity index (χ0n) is 24.7. The summed E-state index contributed by atoms with van der Waals surface area (Å²) in [5.74, 6) is 0.468. The molecular formula is C34H38ClN5O4. The molecule has 230 valence electrons. The van der Waals surface area contributed by atoms with Crippen LogP contribution in [0.15, 0.2) is 91.5 Å². The highest BCUT2D eigenvalue weighted by molar-refractivity contribution is 6.33. The number of amides is 3. The summed E-state index contributed by atoms with van der Waals surface area (Å²) in [6.07, 6.45) is 3.42. The van der Waals surface area contributed by atoms with Gasteiger partial charge in [0.05, 0.1) is 15.5 Å². The topological polar surface area (TPSA) is 99.0 Å². The van der Waals surface area contributed by atoms with E-state index >= 15 is 0 Å². The molecule has 2 aliphatic rings. The summed E-state index contributed by atoms with van der Waals surface area (Å²) in [6, 6.07) is 23.7. The second kappa shape index (κ2) is 14.5. The van der Waals surface area contributed by atoms with Gasteiger partial charge in [0.2, 0.25) is 0 Å². The van der Waals surface area contributed by atoms with E-state index in [9.17, 15) is 19.7 Å². The normalized spacial score (nSPS) is 19.0. The maximum atomic E-state index is 13.5. The van der Waals surface area contributed by atoms with Crippen LogP contribution in [-0.4, -0.2) is 76.9 Å². The first kappa shape index (κ1) is 31.2. The first-order valence-electron chi connectivity index (χ1n) is 15.0. The van der Waals surface area contributed by atoms with Gasteiger partial charge in [0, 0.05) is 69.9 Å². The number of nitrogens with zero attached hydrogens (tertiary/aromatic N) is 4. The highest BCUT2D eigenvalue weighted by Crippen LogP contribution is 2.35. The van der Waals surface area contributed by atoms with Crippen molar-refractivity contribution in [2.24, 2.45) is 5.92 Å². The van der Waals surface area contributed by atoms with Crippen LogP contribution in [0.2, 0.25) is 5.02 Å². The Labute approximate surface area is 263 Å². The highest BCUT2D eigenvalue weighted by Gasteiger charge is 2.38. The number of benzene rings is 3. The van der Waals surface area contributed by atoms with Gasteiger partial charge < -0.3 is 20.0 Å². The third-order valence-electron chi connectivity index (χ3n) is 8.73. The van der Waals surface area contributed by atoms with Crippen molar-refractivity contribution in [2.75, 3.05) is 39.3 Å². The molecule has 2 heterocycles. The van der Waals surface area contributed by atoms with Gasteiger partial charge in [-0.15, -0.1) is 6.58 Å². The number of urea groups is 1. The number of piperidine rings is 1. The zero-order valence-corrected chi connectivity index (χ0v) is 25.4. The van der Waals surface area contributed by atoms with Crippen LogP contribution >= 0.6 is 11.6 Å². The number of hydrogen-bond acceptors (Lipinski definition) is 5. The number of nitrogens with one attached hydrogen (secondary N) is 1. The van der Waals surface area contributed by atoms with Gasteiger partial charge in [0.15, 0.2) is 0 Å². The fourth-order valence-electron chi connectivity index (χ4n) is 6.40. The molecule has 0 spiro atoms. The second-order valence-electron chi connectivity index (χ2n) is 11.5. The van der Waals surface area contributed by atoms with Crippen LogP contribution in [0.1, 0.15) is 40.2 Å². The minimum Gasteiger partial charge on any atom is -0.338 e. The number of halogens is 1. The Morgan fingerprint density at radius 3 is 2.34 bits per heavy atom. The van der Waals surface area contributed by atoms with Gasteiger partial charge in [-0.05, 0) is 42.0 Å². The van der Waals surface area contributed by atoms with Crippen LogP contribution in [0.4, 0.5) is 10.5 Å². The van der Waals surface area contributed by atoms with Crippen molar-refractivity contribution < 1.29 is 14.5 Å². The molecule has 3 amide bonds. The Bertz CT molecular complexity index is 1460. The molecule has 3 aromatic rings. The molecule has 1 N–H and O–H groups in total. The van der Waals surface area contributed by atoms with E-state index in [1.165, 1.54) is 17.7 Å². The van der Waals surface area contributed by atoms with E-state index in [0.717, 1.165) is 38.0 Å². The van der Waals surface area contributed by atoms with E-state index < -0.39 is 4.92 Å². The maximum Gasteiger partial charge on any atom is 0.318 e. The molecular weight excluding hydrogens is 578 g/mol. The number of rotatable bonds is 10. The number of hydrogen-bond donors (Lipinski definition) is 1. The third-order valence-corrected chi connectivity index (χ3v) is 9.06. The van der Waals surface area contributed by atoms with E-state index in [-0.39, 0.29) is 42.0 Å². The number of non-ortho nitro benzene ring substituents is 1. The Kier molecular flexibility index (Phi) is 10.3. The molecule has 9 nitrogen and oxygen atoms in total. The number of likely N-dealkylation sites (tertiary alicyclic amines) is 2. The van der Waals surface area contributed by atoms with Gasteiger partial charge in [0.1, 0.15) is 0 Å². The van der Waals surface area contributed by atoms with E-state index in [1.807, 2.05) is 28.0 Å². The number of nitro groups is 1. The standard InChI is InChI=1S/C34H38ClN5O4/c1-2-18-39(34(42)36-21-25-12-14-29(15-13-25)40(43)44)28-16-19-37(20-17-28)22-27-23-38(24-31(27)26-8-4-3-5-9-26)33(41)30-10-6-7-11-32(30)35/h2-15,27-28,31H,1,16-24H2,(H,36,42). The molecule has 0 saturated carbocycles. The van der Waals surface area contributed by atoms with Gasteiger partial charge in [-0.2, -0.15) is 0 Å². The van der Waals surface area contributed by atoms with Crippen molar-refractivity contribution in [2.45, 2.75) is 31.3 Å². The Morgan fingerprint density at radius 2 is 1.68 bits per heavy atom. The molecule has 44 heavy (non-hydrogen) atoms. The van der Waals surface area contributed by atoms with Crippen molar-refractivity contribution in [1.29, 1.82) is 0 Å².